The van der Waals surface area contributed by atoms with Gasteiger partial charge in [0.2, 0.25) is 0 Å². The zero-order valence-corrected chi connectivity index (χ0v) is 7.67. The number of carbonyl (C=O) groups is 1. The predicted octanol–water partition coefficient (Wildman–Crippen LogP) is 2.81. The molecule has 0 bridgehead atoms. The van der Waals surface area contributed by atoms with E-state index in [1.54, 1.807) is 0 Å². The Labute approximate surface area is 72.8 Å². The second-order valence-electron chi connectivity index (χ2n) is 2.68. The Morgan fingerprint density at radius 1 is 1.25 bits per heavy atom. The summed E-state index contributed by atoms with van der Waals surface area (Å²) in [4.78, 5) is 20.8. The average Bonchev–Trinajstić information content (AvgIpc) is 2.11. The summed E-state index contributed by atoms with van der Waals surface area (Å²) in [6, 6.07) is 0. The van der Waals surface area contributed by atoms with E-state index in [2.05, 4.69) is 5.18 Å². The molecule has 0 aliphatic heterocycles. The molecular formula is C9H15NO2. The fraction of sp³-hybridized carbons (Fsp3) is 0.667. The van der Waals surface area contributed by atoms with Crippen molar-refractivity contribution >= 4 is 6.29 Å². The number of aldehydes is 1. The molecule has 0 aromatic rings. The smallest absolute Gasteiger partial charge is 0.147 e. The number of nitroso groups, excluding NO2 is 1. The van der Waals surface area contributed by atoms with E-state index in [0.717, 1.165) is 19.1 Å². The van der Waals surface area contributed by atoms with Crippen LogP contribution in [0.15, 0.2) is 16.4 Å². The lowest BCUT2D eigenvalue weighted by atomic mass is 10.1. The number of hydrogen-bond acceptors (Lipinski definition) is 3. The standard InChI is InChI=1S/C9H15NO2/c1-3-5-8(7-11)9(10-12)6-4-2/h7H,3-6H2,1-2H3/b9-8-. The van der Waals surface area contributed by atoms with Crippen LogP contribution in [0.2, 0.25) is 0 Å². The number of allylic oxidation sites excluding steroid dienone is 2. The van der Waals surface area contributed by atoms with Crippen LogP contribution in [0, 0.1) is 4.91 Å². The average molecular weight is 169 g/mol. The normalized spacial score (nSPS) is 12.2. The Hall–Kier alpha value is -0.990. The van der Waals surface area contributed by atoms with Gasteiger partial charge in [-0.05, 0) is 18.0 Å². The first-order valence-corrected chi connectivity index (χ1v) is 4.30. The summed E-state index contributed by atoms with van der Waals surface area (Å²) in [7, 11) is 0. The van der Waals surface area contributed by atoms with Crippen molar-refractivity contribution in [1.29, 1.82) is 0 Å². The molecular weight excluding hydrogens is 154 g/mol. The summed E-state index contributed by atoms with van der Waals surface area (Å²) in [5.41, 5.74) is 0.990. The molecule has 0 saturated carbocycles. The van der Waals surface area contributed by atoms with Crippen LogP contribution in [0.5, 0.6) is 0 Å². The predicted molar refractivity (Wildman–Crippen MR) is 48.7 cm³/mol. The monoisotopic (exact) mass is 169 g/mol. The molecule has 0 heterocycles. The molecule has 0 spiro atoms. The Morgan fingerprint density at radius 3 is 2.17 bits per heavy atom. The van der Waals surface area contributed by atoms with Gasteiger partial charge >= 0.3 is 0 Å². The van der Waals surface area contributed by atoms with Gasteiger partial charge in [0, 0.05) is 5.57 Å². The van der Waals surface area contributed by atoms with Crippen LogP contribution >= 0.6 is 0 Å². The largest absolute Gasteiger partial charge is 0.298 e. The van der Waals surface area contributed by atoms with Crippen molar-refractivity contribution in [3.8, 4) is 0 Å². The van der Waals surface area contributed by atoms with Crippen LogP contribution in [-0.2, 0) is 4.79 Å². The maximum atomic E-state index is 10.5. The van der Waals surface area contributed by atoms with Crippen molar-refractivity contribution in [3.05, 3.63) is 16.2 Å². The van der Waals surface area contributed by atoms with Crippen molar-refractivity contribution in [2.45, 2.75) is 39.5 Å². The fourth-order valence-electron chi connectivity index (χ4n) is 1.04. The van der Waals surface area contributed by atoms with Gasteiger partial charge in [-0.2, -0.15) is 0 Å². The van der Waals surface area contributed by atoms with Gasteiger partial charge in [0.15, 0.2) is 0 Å². The Morgan fingerprint density at radius 2 is 1.83 bits per heavy atom. The molecule has 0 aliphatic rings. The molecule has 0 atom stereocenters. The molecule has 0 saturated heterocycles. The molecule has 3 nitrogen and oxygen atoms in total. The molecule has 0 radical (unpaired) electrons. The zero-order valence-electron chi connectivity index (χ0n) is 7.67. The molecule has 0 amide bonds. The van der Waals surface area contributed by atoms with Crippen LogP contribution in [0.1, 0.15) is 39.5 Å². The number of nitrogens with zero attached hydrogens (tertiary/aromatic N) is 1. The van der Waals surface area contributed by atoms with Crippen molar-refractivity contribution in [3.63, 3.8) is 0 Å². The summed E-state index contributed by atoms with van der Waals surface area (Å²) in [6.07, 6.45) is 3.73. The molecule has 12 heavy (non-hydrogen) atoms. The van der Waals surface area contributed by atoms with Gasteiger partial charge in [0.05, 0.1) is 5.70 Å². The highest BCUT2D eigenvalue weighted by Crippen LogP contribution is 2.14. The summed E-state index contributed by atoms with van der Waals surface area (Å²) in [6.45, 7) is 3.93. The lowest BCUT2D eigenvalue weighted by Gasteiger charge is -2.00. The molecule has 0 unspecified atom stereocenters. The van der Waals surface area contributed by atoms with E-state index >= 15 is 0 Å². The SMILES string of the molecule is CCC/C(C=O)=C(\CCC)N=O. The van der Waals surface area contributed by atoms with Gasteiger partial charge in [-0.25, -0.2) is 0 Å². The van der Waals surface area contributed by atoms with Crippen molar-refractivity contribution in [2.75, 3.05) is 0 Å². The highest BCUT2D eigenvalue weighted by Gasteiger charge is 2.04. The Balaban J connectivity index is 4.48. The van der Waals surface area contributed by atoms with Gasteiger partial charge in [-0.1, -0.05) is 26.7 Å². The van der Waals surface area contributed by atoms with Crippen LogP contribution in [0.25, 0.3) is 0 Å². The first-order valence-electron chi connectivity index (χ1n) is 4.30. The molecule has 0 aromatic heterocycles. The number of rotatable bonds is 6. The minimum Gasteiger partial charge on any atom is -0.298 e. The maximum Gasteiger partial charge on any atom is 0.147 e. The summed E-state index contributed by atoms with van der Waals surface area (Å²) >= 11 is 0. The van der Waals surface area contributed by atoms with E-state index in [9.17, 15) is 9.70 Å². The van der Waals surface area contributed by atoms with Gasteiger partial charge in [0.1, 0.15) is 6.29 Å². The Bertz CT molecular complexity index is 165. The van der Waals surface area contributed by atoms with E-state index in [4.69, 9.17) is 0 Å². The van der Waals surface area contributed by atoms with Crippen LogP contribution in [-0.4, -0.2) is 6.29 Å². The van der Waals surface area contributed by atoms with E-state index < -0.39 is 0 Å². The third-order valence-electron chi connectivity index (χ3n) is 1.63. The molecule has 0 aromatic carbocycles. The highest BCUT2D eigenvalue weighted by atomic mass is 16.3. The van der Waals surface area contributed by atoms with E-state index in [1.165, 1.54) is 0 Å². The van der Waals surface area contributed by atoms with E-state index in [0.29, 0.717) is 24.1 Å². The topological polar surface area (TPSA) is 46.5 Å². The minimum atomic E-state index is 0.425. The number of hydrogen-bond donors (Lipinski definition) is 0. The van der Waals surface area contributed by atoms with Crippen molar-refractivity contribution < 1.29 is 4.79 Å². The maximum absolute atomic E-state index is 10.5. The van der Waals surface area contributed by atoms with E-state index in [1.807, 2.05) is 13.8 Å². The summed E-state index contributed by atoms with van der Waals surface area (Å²) < 4.78 is 0. The molecule has 68 valence electrons. The molecule has 3 heteroatoms. The van der Waals surface area contributed by atoms with Crippen LogP contribution in [0.4, 0.5) is 0 Å². The number of carbonyl (C=O) groups excluding carboxylic acids is 1. The van der Waals surface area contributed by atoms with Gasteiger partial charge in [-0.3, -0.25) is 4.79 Å². The third kappa shape index (κ3) is 3.42. The third-order valence-corrected chi connectivity index (χ3v) is 1.63. The van der Waals surface area contributed by atoms with Crippen molar-refractivity contribution in [1.82, 2.24) is 0 Å². The second kappa shape index (κ2) is 6.70. The van der Waals surface area contributed by atoms with Crippen molar-refractivity contribution in [2.24, 2.45) is 5.18 Å². The fourth-order valence-corrected chi connectivity index (χ4v) is 1.04. The quantitative estimate of drug-likeness (QED) is 0.348. The van der Waals surface area contributed by atoms with E-state index in [-0.39, 0.29) is 0 Å². The first-order chi connectivity index (χ1) is 5.79. The van der Waals surface area contributed by atoms with Gasteiger partial charge < -0.3 is 0 Å². The minimum absolute atomic E-state index is 0.425. The zero-order chi connectivity index (χ0) is 9.40. The molecule has 0 aliphatic carbocycles. The lowest BCUT2D eigenvalue weighted by Crippen LogP contribution is -1.91. The summed E-state index contributed by atoms with van der Waals surface area (Å²) in [5.74, 6) is 0. The highest BCUT2D eigenvalue weighted by molar-refractivity contribution is 5.74. The van der Waals surface area contributed by atoms with Gasteiger partial charge in [0.25, 0.3) is 0 Å². The van der Waals surface area contributed by atoms with Crippen LogP contribution < -0.4 is 0 Å². The second-order valence-corrected chi connectivity index (χ2v) is 2.68. The molecule has 0 N–H and O–H groups in total. The first kappa shape index (κ1) is 11.0. The Kier molecular flexibility index (Phi) is 6.15. The van der Waals surface area contributed by atoms with Crippen LogP contribution in [0.3, 0.4) is 0 Å². The molecule has 0 rings (SSSR count). The lowest BCUT2D eigenvalue weighted by molar-refractivity contribution is -0.105. The summed E-state index contributed by atoms with van der Waals surface area (Å²) in [5, 5.41) is 2.87. The van der Waals surface area contributed by atoms with Gasteiger partial charge in [-0.15, -0.1) is 4.91 Å². The molecule has 0 fully saturated rings.